The number of aromatic nitrogens is 1. The van der Waals surface area contributed by atoms with Crippen molar-refractivity contribution in [1.29, 1.82) is 0 Å². The number of piperidine rings is 2. The standard InChI is InChI=1S/C19H23F2N3O3S2/c20-14-1-2-18(17(21)13-14)29(25,26)24-10-3-15(4-11-24)23-8-5-16(6-9-23)27-19-22-7-12-28-19/h1-2,7,12-13,15-16H,3-6,8-11H2. The maximum atomic E-state index is 14.0. The zero-order valence-electron chi connectivity index (χ0n) is 15.8. The number of sulfonamides is 1. The third kappa shape index (κ3) is 4.60. The van der Waals surface area contributed by atoms with E-state index in [4.69, 9.17) is 4.74 Å². The molecule has 0 bridgehead atoms. The highest BCUT2D eigenvalue weighted by Crippen LogP contribution is 2.28. The van der Waals surface area contributed by atoms with Crippen LogP contribution in [0.5, 0.6) is 5.19 Å². The summed E-state index contributed by atoms with van der Waals surface area (Å²) in [6.45, 7) is 2.47. The molecule has 1 aromatic heterocycles. The van der Waals surface area contributed by atoms with Crippen molar-refractivity contribution in [3.8, 4) is 5.19 Å². The molecule has 29 heavy (non-hydrogen) atoms. The van der Waals surface area contributed by atoms with E-state index in [1.54, 1.807) is 6.20 Å². The molecule has 0 spiro atoms. The first kappa shape index (κ1) is 20.6. The summed E-state index contributed by atoms with van der Waals surface area (Å²) in [4.78, 5) is 6.09. The number of hydrogen-bond acceptors (Lipinski definition) is 6. The largest absolute Gasteiger partial charge is 0.467 e. The Labute approximate surface area is 173 Å². The van der Waals surface area contributed by atoms with Crippen molar-refractivity contribution < 1.29 is 21.9 Å². The predicted molar refractivity (Wildman–Crippen MR) is 105 cm³/mol. The van der Waals surface area contributed by atoms with Gasteiger partial charge in [0.25, 0.3) is 5.19 Å². The fraction of sp³-hybridized carbons (Fsp3) is 0.526. The van der Waals surface area contributed by atoms with Crippen LogP contribution in [0.25, 0.3) is 0 Å². The second-order valence-electron chi connectivity index (χ2n) is 7.36. The Balaban J connectivity index is 1.30. The van der Waals surface area contributed by atoms with Crippen LogP contribution in [0.1, 0.15) is 25.7 Å². The number of rotatable bonds is 5. The van der Waals surface area contributed by atoms with Crippen LogP contribution in [-0.4, -0.2) is 60.9 Å². The number of ether oxygens (including phenoxy) is 1. The summed E-state index contributed by atoms with van der Waals surface area (Å²) < 4.78 is 59.7. The molecule has 4 rings (SSSR count). The number of nitrogens with zero attached hydrogens (tertiary/aromatic N) is 3. The summed E-state index contributed by atoms with van der Waals surface area (Å²) >= 11 is 1.49. The van der Waals surface area contributed by atoms with Gasteiger partial charge in [-0.1, -0.05) is 11.3 Å². The van der Waals surface area contributed by atoms with Crippen molar-refractivity contribution in [2.75, 3.05) is 26.2 Å². The van der Waals surface area contributed by atoms with Crippen LogP contribution in [0.2, 0.25) is 0 Å². The SMILES string of the molecule is O=S(=O)(c1ccc(F)cc1F)N1CCC(N2CCC(Oc3nccs3)CC2)CC1. The Morgan fingerprint density at radius 2 is 1.79 bits per heavy atom. The highest BCUT2D eigenvalue weighted by molar-refractivity contribution is 7.89. The summed E-state index contributed by atoms with van der Waals surface area (Å²) in [5.74, 6) is -1.84. The molecule has 2 fully saturated rings. The van der Waals surface area contributed by atoms with Crippen LogP contribution in [0.4, 0.5) is 8.78 Å². The van der Waals surface area contributed by atoms with Crippen LogP contribution >= 0.6 is 11.3 Å². The van der Waals surface area contributed by atoms with Gasteiger partial charge in [-0.15, -0.1) is 0 Å². The third-order valence-electron chi connectivity index (χ3n) is 5.61. The van der Waals surface area contributed by atoms with E-state index in [2.05, 4.69) is 9.88 Å². The van der Waals surface area contributed by atoms with Crippen LogP contribution in [0.15, 0.2) is 34.7 Å². The van der Waals surface area contributed by atoms with Gasteiger partial charge in [0.1, 0.15) is 22.6 Å². The first-order chi connectivity index (χ1) is 13.9. The molecule has 2 aliphatic heterocycles. The monoisotopic (exact) mass is 443 g/mol. The zero-order chi connectivity index (χ0) is 20.4. The molecule has 2 saturated heterocycles. The Kier molecular flexibility index (Phi) is 6.14. The molecule has 0 saturated carbocycles. The molecule has 0 atom stereocenters. The second kappa shape index (κ2) is 8.63. The Hall–Kier alpha value is -1.62. The molecule has 2 aliphatic rings. The van der Waals surface area contributed by atoms with Crippen molar-refractivity contribution >= 4 is 21.4 Å². The normalized spacial score (nSPS) is 20.8. The molecule has 2 aromatic rings. The summed E-state index contributed by atoms with van der Waals surface area (Å²) in [5.41, 5.74) is 0. The van der Waals surface area contributed by atoms with Crippen molar-refractivity contribution in [2.24, 2.45) is 0 Å². The molecule has 158 valence electrons. The van der Waals surface area contributed by atoms with Crippen molar-refractivity contribution in [3.63, 3.8) is 0 Å². The van der Waals surface area contributed by atoms with Crippen LogP contribution in [-0.2, 0) is 10.0 Å². The minimum atomic E-state index is -3.95. The smallest absolute Gasteiger partial charge is 0.273 e. The Bertz CT molecular complexity index is 924. The molecular weight excluding hydrogens is 420 g/mol. The van der Waals surface area contributed by atoms with Crippen molar-refractivity contribution in [2.45, 2.75) is 42.7 Å². The molecule has 0 N–H and O–H groups in total. The van der Waals surface area contributed by atoms with Gasteiger partial charge in [-0.2, -0.15) is 4.31 Å². The zero-order valence-corrected chi connectivity index (χ0v) is 17.5. The van der Waals surface area contributed by atoms with Gasteiger partial charge in [0.15, 0.2) is 0 Å². The molecule has 3 heterocycles. The summed E-state index contributed by atoms with van der Waals surface area (Å²) in [6, 6.07) is 2.89. The molecular formula is C19H23F2N3O3S2. The fourth-order valence-electron chi connectivity index (χ4n) is 4.04. The van der Waals surface area contributed by atoms with Gasteiger partial charge in [-0.3, -0.25) is 0 Å². The van der Waals surface area contributed by atoms with Crippen LogP contribution in [0, 0.1) is 11.6 Å². The Morgan fingerprint density at radius 3 is 2.41 bits per heavy atom. The third-order valence-corrected chi connectivity index (χ3v) is 8.20. The van der Waals surface area contributed by atoms with E-state index in [1.807, 2.05) is 5.38 Å². The van der Waals surface area contributed by atoms with Gasteiger partial charge in [0.2, 0.25) is 10.0 Å². The van der Waals surface area contributed by atoms with Gasteiger partial charge < -0.3 is 9.64 Å². The lowest BCUT2D eigenvalue weighted by molar-refractivity contribution is 0.0584. The number of benzene rings is 1. The maximum Gasteiger partial charge on any atom is 0.273 e. The number of hydrogen-bond donors (Lipinski definition) is 0. The van der Waals surface area contributed by atoms with Crippen LogP contribution in [0.3, 0.4) is 0 Å². The van der Waals surface area contributed by atoms with E-state index in [9.17, 15) is 17.2 Å². The van der Waals surface area contributed by atoms with E-state index >= 15 is 0 Å². The minimum absolute atomic E-state index is 0.166. The van der Waals surface area contributed by atoms with E-state index in [0.29, 0.717) is 43.2 Å². The topological polar surface area (TPSA) is 62.7 Å². The first-order valence-corrected chi connectivity index (χ1v) is 12.0. The molecule has 6 nitrogen and oxygen atoms in total. The van der Waals surface area contributed by atoms with Gasteiger partial charge in [-0.25, -0.2) is 22.2 Å². The summed E-state index contributed by atoms with van der Waals surface area (Å²) in [6.07, 6.45) is 5.12. The quantitative estimate of drug-likeness (QED) is 0.711. The average molecular weight is 444 g/mol. The highest BCUT2D eigenvalue weighted by Gasteiger charge is 2.34. The van der Waals surface area contributed by atoms with Crippen LogP contribution < -0.4 is 4.74 Å². The lowest BCUT2D eigenvalue weighted by atomic mass is 10.00. The Morgan fingerprint density at radius 1 is 1.07 bits per heavy atom. The highest BCUT2D eigenvalue weighted by atomic mass is 32.2. The van der Waals surface area contributed by atoms with Gasteiger partial charge >= 0.3 is 0 Å². The predicted octanol–water partition coefficient (Wildman–Crippen LogP) is 3.12. The van der Waals surface area contributed by atoms with Crippen molar-refractivity contribution in [1.82, 2.24) is 14.2 Å². The fourth-order valence-corrected chi connectivity index (χ4v) is 6.11. The molecule has 0 radical (unpaired) electrons. The van der Waals surface area contributed by atoms with Gasteiger partial charge in [0.05, 0.1) is 0 Å². The van der Waals surface area contributed by atoms with E-state index in [-0.39, 0.29) is 6.10 Å². The molecule has 0 unspecified atom stereocenters. The van der Waals surface area contributed by atoms with E-state index < -0.39 is 26.6 Å². The first-order valence-electron chi connectivity index (χ1n) is 9.69. The summed E-state index contributed by atoms with van der Waals surface area (Å²) in [7, 11) is -3.95. The maximum absolute atomic E-state index is 14.0. The van der Waals surface area contributed by atoms with Gasteiger partial charge in [-0.05, 0) is 37.8 Å². The number of likely N-dealkylation sites (tertiary alicyclic amines) is 1. The van der Waals surface area contributed by atoms with E-state index in [1.165, 1.54) is 15.6 Å². The average Bonchev–Trinajstić information content (AvgIpc) is 3.21. The number of thiazole rings is 1. The molecule has 0 aliphatic carbocycles. The van der Waals surface area contributed by atoms with Gasteiger partial charge in [0, 0.05) is 49.9 Å². The van der Waals surface area contributed by atoms with E-state index in [0.717, 1.165) is 38.1 Å². The minimum Gasteiger partial charge on any atom is -0.467 e. The second-order valence-corrected chi connectivity index (χ2v) is 10.1. The lowest BCUT2D eigenvalue weighted by Gasteiger charge is -2.41. The molecule has 10 heteroatoms. The van der Waals surface area contributed by atoms with Crippen molar-refractivity contribution in [3.05, 3.63) is 41.4 Å². The molecule has 1 aromatic carbocycles. The molecule has 0 amide bonds. The lowest BCUT2D eigenvalue weighted by Crippen LogP contribution is -2.50. The summed E-state index contributed by atoms with van der Waals surface area (Å²) in [5, 5.41) is 2.60. The number of halogens is 2.